The highest BCUT2D eigenvalue weighted by atomic mass is 79.9. The van der Waals surface area contributed by atoms with E-state index in [0.717, 1.165) is 16.5 Å². The van der Waals surface area contributed by atoms with Crippen LogP contribution in [0, 0.1) is 11.3 Å². The van der Waals surface area contributed by atoms with Crippen LogP contribution in [0.1, 0.15) is 22.6 Å². The van der Waals surface area contributed by atoms with E-state index in [4.69, 9.17) is 5.26 Å². The average Bonchev–Trinajstić information content (AvgIpc) is 2.42. The van der Waals surface area contributed by atoms with E-state index < -0.39 is 0 Å². The van der Waals surface area contributed by atoms with E-state index in [2.05, 4.69) is 27.3 Å². The number of nitrogens with zero attached hydrogens (tertiary/aromatic N) is 1. The summed E-state index contributed by atoms with van der Waals surface area (Å²) in [7, 11) is 0. The van der Waals surface area contributed by atoms with Crippen LogP contribution in [0.5, 0.6) is 0 Å². The molecule has 1 unspecified atom stereocenters. The topological polar surface area (TPSA) is 52.9 Å². The van der Waals surface area contributed by atoms with E-state index in [1.807, 2.05) is 30.3 Å². The lowest BCUT2D eigenvalue weighted by atomic mass is 9.77. The molecule has 1 aliphatic carbocycles. The Morgan fingerprint density at radius 3 is 2.85 bits per heavy atom. The summed E-state index contributed by atoms with van der Waals surface area (Å²) in [4.78, 5) is 12.3. The molecule has 98 valence electrons. The fourth-order valence-electron chi connectivity index (χ4n) is 2.43. The number of amides is 1. The van der Waals surface area contributed by atoms with Crippen molar-refractivity contribution in [2.45, 2.75) is 12.3 Å². The second kappa shape index (κ2) is 5.10. The number of rotatable bonds is 2. The number of carbonyl (C=O) groups excluding carboxylic acids is 1. The van der Waals surface area contributed by atoms with Gasteiger partial charge in [-0.3, -0.25) is 4.79 Å². The first-order valence-corrected chi connectivity index (χ1v) is 7.06. The molecule has 0 spiro atoms. The molecule has 3 nitrogen and oxygen atoms in total. The second-order valence-electron chi connectivity index (χ2n) is 4.75. The molecule has 2 aromatic carbocycles. The van der Waals surface area contributed by atoms with Gasteiger partial charge in [0.05, 0.1) is 17.2 Å². The highest BCUT2D eigenvalue weighted by Gasteiger charge is 2.31. The van der Waals surface area contributed by atoms with Crippen LogP contribution in [0.2, 0.25) is 0 Å². The summed E-state index contributed by atoms with van der Waals surface area (Å²) in [6.45, 7) is 0. The van der Waals surface area contributed by atoms with Crippen LogP contribution in [-0.4, -0.2) is 5.91 Å². The highest BCUT2D eigenvalue weighted by molar-refractivity contribution is 9.10. The van der Waals surface area contributed by atoms with Gasteiger partial charge in [-0.25, -0.2) is 0 Å². The van der Waals surface area contributed by atoms with Crippen LogP contribution in [0.4, 0.5) is 5.69 Å². The third kappa shape index (κ3) is 2.21. The van der Waals surface area contributed by atoms with Gasteiger partial charge >= 0.3 is 0 Å². The predicted octanol–water partition coefficient (Wildman–Crippen LogP) is 3.60. The van der Waals surface area contributed by atoms with Crippen LogP contribution in [-0.2, 0) is 11.2 Å². The Labute approximate surface area is 125 Å². The van der Waals surface area contributed by atoms with Crippen LogP contribution >= 0.6 is 15.9 Å². The standard InChI is InChI=1S/C16H11BrN2O/c17-12-5-6-15(11(7-12)9-18)19-16(20)14-8-10-3-1-2-4-13(10)14/h1-7,14H,8H2,(H,19,20). The molecule has 3 rings (SSSR count). The van der Waals surface area contributed by atoms with Crippen molar-refractivity contribution in [3.8, 4) is 6.07 Å². The van der Waals surface area contributed by atoms with Crippen molar-refractivity contribution in [2.75, 3.05) is 5.32 Å². The molecule has 0 saturated heterocycles. The molecule has 0 radical (unpaired) electrons. The molecule has 1 N–H and O–H groups in total. The van der Waals surface area contributed by atoms with Gasteiger partial charge in [0.2, 0.25) is 5.91 Å². The van der Waals surface area contributed by atoms with Gasteiger partial charge in [-0.05, 0) is 35.7 Å². The van der Waals surface area contributed by atoms with Crippen molar-refractivity contribution in [1.29, 1.82) is 5.26 Å². The first kappa shape index (κ1) is 12.9. The van der Waals surface area contributed by atoms with Gasteiger partial charge in [0, 0.05) is 4.47 Å². The number of halogens is 1. The van der Waals surface area contributed by atoms with E-state index >= 15 is 0 Å². The van der Waals surface area contributed by atoms with Crippen LogP contribution < -0.4 is 5.32 Å². The lowest BCUT2D eigenvalue weighted by Crippen LogP contribution is -2.30. The number of hydrogen-bond acceptors (Lipinski definition) is 2. The summed E-state index contributed by atoms with van der Waals surface area (Å²) in [5.74, 6) is -0.163. The third-order valence-electron chi connectivity index (χ3n) is 3.53. The molecular formula is C16H11BrN2O. The molecule has 0 saturated carbocycles. The van der Waals surface area contributed by atoms with Crippen molar-refractivity contribution in [3.05, 3.63) is 63.6 Å². The van der Waals surface area contributed by atoms with Gasteiger partial charge in [-0.1, -0.05) is 40.2 Å². The van der Waals surface area contributed by atoms with Gasteiger partial charge in [-0.15, -0.1) is 0 Å². The molecule has 1 aliphatic rings. The van der Waals surface area contributed by atoms with Crippen LogP contribution in [0.15, 0.2) is 46.9 Å². The van der Waals surface area contributed by atoms with Crippen LogP contribution in [0.3, 0.4) is 0 Å². The number of nitrogens with one attached hydrogen (secondary N) is 1. The van der Waals surface area contributed by atoms with E-state index in [9.17, 15) is 4.79 Å². The summed E-state index contributed by atoms with van der Waals surface area (Å²) in [6.07, 6.45) is 0.764. The number of benzene rings is 2. The minimum Gasteiger partial charge on any atom is -0.324 e. The Bertz CT molecular complexity index is 733. The van der Waals surface area contributed by atoms with E-state index in [1.54, 1.807) is 12.1 Å². The molecule has 1 amide bonds. The number of hydrogen-bond donors (Lipinski definition) is 1. The summed E-state index contributed by atoms with van der Waals surface area (Å²) >= 11 is 3.31. The first-order chi connectivity index (χ1) is 9.69. The average molecular weight is 327 g/mol. The lowest BCUT2D eigenvalue weighted by molar-refractivity contribution is -0.118. The normalized spacial score (nSPS) is 15.7. The molecule has 0 bridgehead atoms. The van der Waals surface area contributed by atoms with Gasteiger partial charge in [0.25, 0.3) is 0 Å². The smallest absolute Gasteiger partial charge is 0.232 e. The highest BCUT2D eigenvalue weighted by Crippen LogP contribution is 2.35. The SMILES string of the molecule is N#Cc1cc(Br)ccc1NC(=O)C1Cc2ccccc21. The maximum Gasteiger partial charge on any atom is 0.232 e. The van der Waals surface area contributed by atoms with E-state index in [-0.39, 0.29) is 11.8 Å². The second-order valence-corrected chi connectivity index (χ2v) is 5.66. The molecule has 4 heteroatoms. The Hall–Kier alpha value is -2.12. The molecule has 2 aromatic rings. The number of nitriles is 1. The molecule has 0 fully saturated rings. The van der Waals surface area contributed by atoms with Gasteiger partial charge in [0.1, 0.15) is 6.07 Å². The summed E-state index contributed by atoms with van der Waals surface area (Å²) in [5.41, 5.74) is 3.33. The van der Waals surface area contributed by atoms with Crippen molar-refractivity contribution in [2.24, 2.45) is 0 Å². The lowest BCUT2D eigenvalue weighted by Gasteiger charge is -2.29. The summed E-state index contributed by atoms with van der Waals surface area (Å²) in [5, 5.41) is 12.0. The summed E-state index contributed by atoms with van der Waals surface area (Å²) in [6, 6.07) is 15.3. The van der Waals surface area contributed by atoms with Crippen LogP contribution in [0.25, 0.3) is 0 Å². The fourth-order valence-corrected chi connectivity index (χ4v) is 2.79. The summed E-state index contributed by atoms with van der Waals surface area (Å²) < 4.78 is 0.820. The van der Waals surface area contributed by atoms with Crippen molar-refractivity contribution in [3.63, 3.8) is 0 Å². The predicted molar refractivity (Wildman–Crippen MR) is 80.4 cm³/mol. The Kier molecular flexibility index (Phi) is 3.29. The Morgan fingerprint density at radius 2 is 2.10 bits per heavy atom. The molecule has 0 aliphatic heterocycles. The molecule has 0 aromatic heterocycles. The van der Waals surface area contributed by atoms with Crippen molar-refractivity contribution in [1.82, 2.24) is 0 Å². The maximum atomic E-state index is 12.3. The van der Waals surface area contributed by atoms with Gasteiger partial charge < -0.3 is 5.32 Å². The van der Waals surface area contributed by atoms with E-state index in [0.29, 0.717) is 11.3 Å². The zero-order chi connectivity index (χ0) is 14.1. The quantitative estimate of drug-likeness (QED) is 0.916. The minimum absolute atomic E-state index is 0.0532. The molecule has 20 heavy (non-hydrogen) atoms. The monoisotopic (exact) mass is 326 g/mol. The van der Waals surface area contributed by atoms with Gasteiger partial charge in [0.15, 0.2) is 0 Å². The minimum atomic E-state index is -0.110. The number of anilines is 1. The first-order valence-electron chi connectivity index (χ1n) is 6.27. The number of carbonyl (C=O) groups is 1. The molecule has 1 atom stereocenters. The maximum absolute atomic E-state index is 12.3. The zero-order valence-electron chi connectivity index (χ0n) is 10.6. The third-order valence-corrected chi connectivity index (χ3v) is 4.02. The number of fused-ring (bicyclic) bond motifs is 1. The fraction of sp³-hybridized carbons (Fsp3) is 0.125. The zero-order valence-corrected chi connectivity index (χ0v) is 12.1. The Morgan fingerprint density at radius 1 is 1.30 bits per heavy atom. The Balaban J connectivity index is 1.80. The van der Waals surface area contributed by atoms with Crippen molar-refractivity contribution >= 4 is 27.5 Å². The molecule has 0 heterocycles. The largest absolute Gasteiger partial charge is 0.324 e. The van der Waals surface area contributed by atoms with E-state index in [1.165, 1.54) is 5.56 Å². The van der Waals surface area contributed by atoms with Crippen molar-refractivity contribution < 1.29 is 4.79 Å². The molecular weight excluding hydrogens is 316 g/mol. The van der Waals surface area contributed by atoms with Gasteiger partial charge in [-0.2, -0.15) is 5.26 Å².